The molecule has 1 aliphatic carbocycles. The van der Waals surface area contributed by atoms with E-state index in [1.54, 1.807) is 0 Å². The van der Waals surface area contributed by atoms with Crippen LogP contribution in [0.15, 0.2) is 0 Å². The van der Waals surface area contributed by atoms with Crippen LogP contribution in [-0.4, -0.2) is 25.2 Å². The second-order valence-corrected chi connectivity index (χ2v) is 7.06. The molecule has 1 amide bonds. The minimum atomic E-state index is -0.219. The van der Waals surface area contributed by atoms with Gasteiger partial charge in [-0.3, -0.25) is 4.79 Å². The van der Waals surface area contributed by atoms with Gasteiger partial charge in [0.25, 0.3) is 0 Å². The van der Waals surface area contributed by atoms with Crippen LogP contribution in [-0.2, 0) is 9.53 Å². The van der Waals surface area contributed by atoms with Crippen molar-refractivity contribution in [1.82, 2.24) is 5.32 Å². The van der Waals surface area contributed by atoms with Gasteiger partial charge in [0.15, 0.2) is 0 Å². The highest BCUT2D eigenvalue weighted by atomic mass is 16.5. The van der Waals surface area contributed by atoms with E-state index < -0.39 is 0 Å². The molecule has 2 aliphatic rings. The van der Waals surface area contributed by atoms with E-state index >= 15 is 0 Å². The van der Waals surface area contributed by atoms with Gasteiger partial charge in [-0.1, -0.05) is 64.7 Å². The van der Waals surface area contributed by atoms with E-state index in [-0.39, 0.29) is 11.3 Å². The van der Waals surface area contributed by atoms with E-state index in [9.17, 15) is 4.79 Å². The van der Waals surface area contributed by atoms with Crippen molar-refractivity contribution >= 4 is 5.91 Å². The van der Waals surface area contributed by atoms with E-state index in [1.807, 2.05) is 0 Å². The molecule has 2 fully saturated rings. The number of carbonyl (C=O) groups excluding carboxylic acids is 1. The maximum absolute atomic E-state index is 12.5. The Morgan fingerprint density at radius 2 is 1.43 bits per heavy atom. The maximum atomic E-state index is 12.5. The van der Waals surface area contributed by atoms with Crippen LogP contribution in [0.5, 0.6) is 0 Å². The first-order valence-corrected chi connectivity index (χ1v) is 9.15. The summed E-state index contributed by atoms with van der Waals surface area (Å²) in [6.07, 6.45) is 15.3. The Balaban J connectivity index is 1.81. The number of nitrogens with one attached hydrogen (secondary N) is 1. The SMILES string of the molecule is CCC1(C(=O)NC2CCCCCCCCCCC2)COC1. The Bertz CT molecular complexity index is 295. The second-order valence-electron chi connectivity index (χ2n) is 7.06. The van der Waals surface area contributed by atoms with Crippen LogP contribution < -0.4 is 5.32 Å². The summed E-state index contributed by atoms with van der Waals surface area (Å²) in [5, 5.41) is 3.35. The van der Waals surface area contributed by atoms with Crippen LogP contribution in [0.1, 0.15) is 84.0 Å². The Hall–Kier alpha value is -0.570. The average molecular weight is 295 g/mol. The molecular weight excluding hydrogens is 262 g/mol. The number of amides is 1. The summed E-state index contributed by atoms with van der Waals surface area (Å²) in [6.45, 7) is 3.33. The minimum absolute atomic E-state index is 0.219. The van der Waals surface area contributed by atoms with Crippen molar-refractivity contribution in [2.75, 3.05) is 13.2 Å². The van der Waals surface area contributed by atoms with Gasteiger partial charge in [-0.25, -0.2) is 0 Å². The lowest BCUT2D eigenvalue weighted by atomic mass is 9.81. The predicted octanol–water partition coefficient (Wildman–Crippen LogP) is 4.20. The van der Waals surface area contributed by atoms with Crippen molar-refractivity contribution in [2.45, 2.75) is 90.0 Å². The maximum Gasteiger partial charge on any atom is 0.231 e. The third-order valence-corrected chi connectivity index (χ3v) is 5.36. The van der Waals surface area contributed by atoms with Gasteiger partial charge in [0.05, 0.1) is 18.6 Å². The zero-order valence-electron chi connectivity index (χ0n) is 13.8. The third-order valence-electron chi connectivity index (χ3n) is 5.36. The Morgan fingerprint density at radius 1 is 0.952 bits per heavy atom. The molecule has 0 unspecified atom stereocenters. The van der Waals surface area contributed by atoms with E-state index in [4.69, 9.17) is 4.74 Å². The van der Waals surface area contributed by atoms with Crippen LogP contribution >= 0.6 is 0 Å². The van der Waals surface area contributed by atoms with Crippen LogP contribution in [0.3, 0.4) is 0 Å². The van der Waals surface area contributed by atoms with E-state index in [0.29, 0.717) is 19.3 Å². The molecule has 0 spiro atoms. The highest BCUT2D eigenvalue weighted by molar-refractivity contribution is 5.83. The lowest BCUT2D eigenvalue weighted by molar-refractivity contribution is -0.163. The summed E-state index contributed by atoms with van der Waals surface area (Å²) in [5.41, 5.74) is -0.219. The molecule has 1 heterocycles. The van der Waals surface area contributed by atoms with Gasteiger partial charge in [-0.2, -0.15) is 0 Å². The highest BCUT2D eigenvalue weighted by Crippen LogP contribution is 2.32. The largest absolute Gasteiger partial charge is 0.379 e. The predicted molar refractivity (Wildman–Crippen MR) is 86.3 cm³/mol. The lowest BCUT2D eigenvalue weighted by Gasteiger charge is -2.40. The Labute approximate surface area is 130 Å². The van der Waals surface area contributed by atoms with Crippen molar-refractivity contribution in [1.29, 1.82) is 0 Å². The van der Waals surface area contributed by atoms with Gasteiger partial charge in [0, 0.05) is 6.04 Å². The summed E-state index contributed by atoms with van der Waals surface area (Å²) in [4.78, 5) is 12.5. The molecule has 0 atom stereocenters. The molecule has 1 saturated carbocycles. The molecule has 0 bridgehead atoms. The quantitative estimate of drug-likeness (QED) is 0.847. The molecule has 3 nitrogen and oxygen atoms in total. The highest BCUT2D eigenvalue weighted by Gasteiger charge is 2.44. The molecule has 0 radical (unpaired) electrons. The topological polar surface area (TPSA) is 38.3 Å². The summed E-state index contributed by atoms with van der Waals surface area (Å²) in [5.74, 6) is 0.244. The average Bonchev–Trinajstić information content (AvgIpc) is 2.41. The van der Waals surface area contributed by atoms with Gasteiger partial charge < -0.3 is 10.1 Å². The fourth-order valence-electron chi connectivity index (χ4n) is 3.49. The number of hydrogen-bond acceptors (Lipinski definition) is 2. The normalized spacial score (nSPS) is 25.2. The van der Waals surface area contributed by atoms with Gasteiger partial charge >= 0.3 is 0 Å². The molecule has 1 N–H and O–H groups in total. The number of rotatable bonds is 3. The standard InChI is InChI=1S/C18H33NO2/c1-2-18(14-21-15-18)17(20)19-16-12-10-8-6-4-3-5-7-9-11-13-16/h16H,2-15H2,1H3,(H,19,20). The molecule has 21 heavy (non-hydrogen) atoms. The summed E-state index contributed by atoms with van der Waals surface area (Å²) in [7, 11) is 0. The van der Waals surface area contributed by atoms with Gasteiger partial charge in [-0.15, -0.1) is 0 Å². The second kappa shape index (κ2) is 8.77. The first kappa shape index (κ1) is 16.8. The van der Waals surface area contributed by atoms with Crippen molar-refractivity contribution in [3.05, 3.63) is 0 Å². The number of carbonyl (C=O) groups is 1. The molecule has 3 heteroatoms. The van der Waals surface area contributed by atoms with E-state index in [0.717, 1.165) is 19.3 Å². The smallest absolute Gasteiger partial charge is 0.231 e. The molecule has 1 aliphatic heterocycles. The molecule has 0 aromatic carbocycles. The fourth-order valence-corrected chi connectivity index (χ4v) is 3.49. The van der Waals surface area contributed by atoms with Crippen molar-refractivity contribution in [2.24, 2.45) is 5.41 Å². The van der Waals surface area contributed by atoms with Crippen molar-refractivity contribution in [3.63, 3.8) is 0 Å². The third kappa shape index (κ3) is 4.98. The first-order chi connectivity index (χ1) is 10.3. The first-order valence-electron chi connectivity index (χ1n) is 9.15. The van der Waals surface area contributed by atoms with Crippen LogP contribution in [0.2, 0.25) is 0 Å². The van der Waals surface area contributed by atoms with E-state index in [1.165, 1.54) is 57.8 Å². The van der Waals surface area contributed by atoms with Crippen molar-refractivity contribution < 1.29 is 9.53 Å². The van der Waals surface area contributed by atoms with Crippen LogP contribution in [0.25, 0.3) is 0 Å². The lowest BCUT2D eigenvalue weighted by Crippen LogP contribution is -2.55. The number of hydrogen-bond donors (Lipinski definition) is 1. The summed E-state index contributed by atoms with van der Waals surface area (Å²) < 4.78 is 5.29. The minimum Gasteiger partial charge on any atom is -0.379 e. The van der Waals surface area contributed by atoms with E-state index in [2.05, 4.69) is 12.2 Å². The fraction of sp³-hybridized carbons (Fsp3) is 0.944. The summed E-state index contributed by atoms with van der Waals surface area (Å²) in [6, 6.07) is 0.390. The van der Waals surface area contributed by atoms with Crippen molar-refractivity contribution in [3.8, 4) is 0 Å². The Kier molecular flexibility index (Phi) is 7.01. The van der Waals surface area contributed by atoms with Crippen LogP contribution in [0.4, 0.5) is 0 Å². The molecule has 0 aromatic heterocycles. The van der Waals surface area contributed by atoms with Crippen LogP contribution in [0, 0.1) is 5.41 Å². The Morgan fingerprint density at radius 3 is 1.81 bits per heavy atom. The summed E-state index contributed by atoms with van der Waals surface area (Å²) >= 11 is 0. The molecular formula is C18H33NO2. The molecule has 122 valence electrons. The van der Waals surface area contributed by atoms with Gasteiger partial charge in [-0.05, 0) is 19.3 Å². The van der Waals surface area contributed by atoms with Gasteiger partial charge in [0.2, 0.25) is 5.91 Å². The molecule has 0 aromatic rings. The zero-order chi connectivity index (χ0) is 15.0. The zero-order valence-corrected chi connectivity index (χ0v) is 13.8. The van der Waals surface area contributed by atoms with Gasteiger partial charge in [0.1, 0.15) is 0 Å². The monoisotopic (exact) mass is 295 g/mol. The molecule has 2 rings (SSSR count). The number of ether oxygens (including phenoxy) is 1. The molecule has 1 saturated heterocycles.